The van der Waals surface area contributed by atoms with E-state index in [1.54, 1.807) is 12.3 Å². The Balaban J connectivity index is 1.88. The van der Waals surface area contributed by atoms with Crippen molar-refractivity contribution in [2.45, 2.75) is 44.8 Å². The first-order valence-corrected chi connectivity index (χ1v) is 7.38. The van der Waals surface area contributed by atoms with E-state index < -0.39 is 5.60 Å². The van der Waals surface area contributed by atoms with Gasteiger partial charge in [0.15, 0.2) is 5.84 Å². The van der Waals surface area contributed by atoms with Gasteiger partial charge in [0.05, 0.1) is 5.60 Å². The molecule has 5 N–H and O–H groups in total. The highest BCUT2D eigenvalue weighted by Gasteiger charge is 2.31. The standard InChI is InChI=1S/C15H24N4O2/c1-11-3-2-5-15(20,8-11)10-17-9-12-4-6-18-13(7-12)14(16)19-21/h4,6-7,11,17,20-21H,2-3,5,8-10H2,1H3,(H2,16,19). The quantitative estimate of drug-likeness (QED) is 0.283. The van der Waals surface area contributed by atoms with Crippen molar-refractivity contribution in [3.05, 3.63) is 29.6 Å². The summed E-state index contributed by atoms with van der Waals surface area (Å²) in [5, 5.41) is 25.5. The third-order valence-electron chi connectivity index (χ3n) is 4.05. The van der Waals surface area contributed by atoms with Gasteiger partial charge in [-0.2, -0.15) is 0 Å². The van der Waals surface area contributed by atoms with Gasteiger partial charge in [-0.1, -0.05) is 24.9 Å². The van der Waals surface area contributed by atoms with Gasteiger partial charge in [0.1, 0.15) is 5.69 Å². The van der Waals surface area contributed by atoms with Crippen LogP contribution >= 0.6 is 0 Å². The summed E-state index contributed by atoms with van der Waals surface area (Å²) in [6.45, 7) is 3.39. The van der Waals surface area contributed by atoms with Gasteiger partial charge in [-0.3, -0.25) is 4.98 Å². The molecule has 1 aliphatic carbocycles. The van der Waals surface area contributed by atoms with Crippen molar-refractivity contribution in [2.75, 3.05) is 6.54 Å². The molecule has 2 unspecified atom stereocenters. The van der Waals surface area contributed by atoms with Gasteiger partial charge in [0.25, 0.3) is 0 Å². The van der Waals surface area contributed by atoms with Crippen molar-refractivity contribution < 1.29 is 10.3 Å². The van der Waals surface area contributed by atoms with Crippen molar-refractivity contribution >= 4 is 5.84 Å². The number of aromatic nitrogens is 1. The summed E-state index contributed by atoms with van der Waals surface area (Å²) in [7, 11) is 0. The van der Waals surface area contributed by atoms with Crippen LogP contribution in [0, 0.1) is 5.92 Å². The lowest BCUT2D eigenvalue weighted by Crippen LogP contribution is -2.43. The molecule has 0 amide bonds. The Bertz CT molecular complexity index is 506. The smallest absolute Gasteiger partial charge is 0.188 e. The lowest BCUT2D eigenvalue weighted by Gasteiger charge is -2.35. The molecule has 2 atom stereocenters. The number of oxime groups is 1. The van der Waals surface area contributed by atoms with Crippen molar-refractivity contribution in [1.82, 2.24) is 10.3 Å². The third-order valence-corrected chi connectivity index (χ3v) is 4.05. The molecule has 21 heavy (non-hydrogen) atoms. The molecular formula is C15H24N4O2. The molecule has 0 saturated heterocycles. The summed E-state index contributed by atoms with van der Waals surface area (Å²) >= 11 is 0. The van der Waals surface area contributed by atoms with Crippen LogP contribution in [-0.2, 0) is 6.54 Å². The molecule has 0 bridgehead atoms. The SMILES string of the molecule is CC1CCCC(O)(CNCc2ccnc(C(N)=NO)c2)C1. The van der Waals surface area contributed by atoms with E-state index in [2.05, 4.69) is 22.4 Å². The molecule has 116 valence electrons. The van der Waals surface area contributed by atoms with Gasteiger partial charge in [0, 0.05) is 19.3 Å². The molecule has 1 aromatic rings. The van der Waals surface area contributed by atoms with E-state index >= 15 is 0 Å². The van der Waals surface area contributed by atoms with Crippen LogP contribution in [-0.4, -0.2) is 33.3 Å². The van der Waals surface area contributed by atoms with E-state index in [9.17, 15) is 5.11 Å². The Morgan fingerprint density at radius 2 is 2.43 bits per heavy atom. The van der Waals surface area contributed by atoms with Gasteiger partial charge in [-0.05, 0) is 36.5 Å². The van der Waals surface area contributed by atoms with Crippen LogP contribution in [0.1, 0.15) is 43.9 Å². The number of amidine groups is 1. The molecule has 1 heterocycles. The van der Waals surface area contributed by atoms with Crippen molar-refractivity contribution in [3.63, 3.8) is 0 Å². The monoisotopic (exact) mass is 292 g/mol. The van der Waals surface area contributed by atoms with E-state index in [1.165, 1.54) is 6.42 Å². The molecule has 2 rings (SSSR count). The normalized spacial score (nSPS) is 26.8. The van der Waals surface area contributed by atoms with Crippen LogP contribution in [0.15, 0.2) is 23.5 Å². The number of aliphatic hydroxyl groups is 1. The van der Waals surface area contributed by atoms with Crippen LogP contribution in [0.4, 0.5) is 0 Å². The predicted octanol–water partition coefficient (Wildman–Crippen LogP) is 1.21. The van der Waals surface area contributed by atoms with Gasteiger partial charge in [-0.15, -0.1) is 0 Å². The maximum Gasteiger partial charge on any atom is 0.188 e. The summed E-state index contributed by atoms with van der Waals surface area (Å²) in [5.41, 5.74) is 6.36. The van der Waals surface area contributed by atoms with Gasteiger partial charge in [-0.25, -0.2) is 0 Å². The summed E-state index contributed by atoms with van der Waals surface area (Å²) in [6, 6.07) is 3.64. The summed E-state index contributed by atoms with van der Waals surface area (Å²) in [6.07, 6.45) is 5.63. The Morgan fingerprint density at radius 3 is 3.14 bits per heavy atom. The van der Waals surface area contributed by atoms with E-state index in [1.807, 2.05) is 6.07 Å². The molecule has 0 aromatic carbocycles. The van der Waals surface area contributed by atoms with Crippen molar-refractivity contribution in [3.8, 4) is 0 Å². The number of nitrogens with two attached hydrogens (primary N) is 1. The van der Waals surface area contributed by atoms with Crippen LogP contribution in [0.25, 0.3) is 0 Å². The number of rotatable bonds is 5. The lowest BCUT2D eigenvalue weighted by atomic mass is 9.79. The first-order chi connectivity index (χ1) is 10.0. The molecule has 1 fully saturated rings. The molecule has 1 aliphatic rings. The maximum absolute atomic E-state index is 10.6. The van der Waals surface area contributed by atoms with Crippen LogP contribution in [0.2, 0.25) is 0 Å². The zero-order valence-corrected chi connectivity index (χ0v) is 12.4. The number of nitrogens with one attached hydrogen (secondary N) is 1. The van der Waals surface area contributed by atoms with Gasteiger partial charge < -0.3 is 21.4 Å². The fraction of sp³-hybridized carbons (Fsp3) is 0.600. The van der Waals surface area contributed by atoms with E-state index in [0.29, 0.717) is 24.7 Å². The van der Waals surface area contributed by atoms with E-state index in [0.717, 1.165) is 24.8 Å². The van der Waals surface area contributed by atoms with Crippen LogP contribution in [0.5, 0.6) is 0 Å². The van der Waals surface area contributed by atoms with Gasteiger partial charge in [0.2, 0.25) is 0 Å². The first-order valence-electron chi connectivity index (χ1n) is 7.38. The largest absolute Gasteiger partial charge is 0.409 e. The zero-order chi connectivity index (χ0) is 15.3. The Kier molecular flexibility index (Phi) is 5.14. The number of hydrogen-bond acceptors (Lipinski definition) is 5. The van der Waals surface area contributed by atoms with E-state index in [4.69, 9.17) is 10.9 Å². The second-order valence-electron chi connectivity index (χ2n) is 6.06. The van der Waals surface area contributed by atoms with E-state index in [-0.39, 0.29) is 5.84 Å². The fourth-order valence-electron chi connectivity index (χ4n) is 3.01. The molecule has 6 heteroatoms. The lowest BCUT2D eigenvalue weighted by molar-refractivity contribution is -0.0119. The molecule has 1 aromatic heterocycles. The summed E-state index contributed by atoms with van der Waals surface area (Å²) in [5.74, 6) is 0.579. The summed E-state index contributed by atoms with van der Waals surface area (Å²) < 4.78 is 0. The highest BCUT2D eigenvalue weighted by Crippen LogP contribution is 2.31. The number of hydrogen-bond donors (Lipinski definition) is 4. The van der Waals surface area contributed by atoms with Crippen molar-refractivity contribution in [1.29, 1.82) is 0 Å². The van der Waals surface area contributed by atoms with Crippen LogP contribution < -0.4 is 11.1 Å². The third kappa shape index (κ3) is 4.41. The molecule has 0 aliphatic heterocycles. The highest BCUT2D eigenvalue weighted by atomic mass is 16.4. The highest BCUT2D eigenvalue weighted by molar-refractivity contribution is 5.95. The maximum atomic E-state index is 10.6. The number of pyridine rings is 1. The Labute approximate surface area is 125 Å². The minimum Gasteiger partial charge on any atom is -0.409 e. The molecule has 0 radical (unpaired) electrons. The zero-order valence-electron chi connectivity index (χ0n) is 12.4. The Morgan fingerprint density at radius 1 is 1.62 bits per heavy atom. The fourth-order valence-corrected chi connectivity index (χ4v) is 3.01. The minimum atomic E-state index is -0.598. The van der Waals surface area contributed by atoms with Gasteiger partial charge >= 0.3 is 0 Å². The molecular weight excluding hydrogens is 268 g/mol. The Hall–Kier alpha value is -1.66. The first kappa shape index (κ1) is 15.7. The molecule has 0 spiro atoms. The predicted molar refractivity (Wildman–Crippen MR) is 81.0 cm³/mol. The average molecular weight is 292 g/mol. The topological polar surface area (TPSA) is 104 Å². The minimum absolute atomic E-state index is 0.00316. The second kappa shape index (κ2) is 6.87. The molecule has 6 nitrogen and oxygen atoms in total. The second-order valence-corrected chi connectivity index (χ2v) is 6.06. The molecule has 1 saturated carbocycles. The van der Waals surface area contributed by atoms with Crippen LogP contribution in [0.3, 0.4) is 0 Å². The number of nitrogens with zero attached hydrogens (tertiary/aromatic N) is 2. The van der Waals surface area contributed by atoms with Crippen molar-refractivity contribution in [2.24, 2.45) is 16.8 Å². The average Bonchev–Trinajstić information content (AvgIpc) is 2.46. The summed E-state index contributed by atoms with van der Waals surface area (Å²) in [4.78, 5) is 4.04.